The van der Waals surface area contributed by atoms with Gasteiger partial charge in [0.15, 0.2) is 5.57 Å². The number of amidine groups is 1. The van der Waals surface area contributed by atoms with Gasteiger partial charge in [0.05, 0.1) is 22.8 Å². The second kappa shape index (κ2) is 15.4. The molecule has 0 bridgehead atoms. The molecule has 3 aliphatic heterocycles. The van der Waals surface area contributed by atoms with Gasteiger partial charge >= 0.3 is 0 Å². The predicted octanol–water partition coefficient (Wildman–Crippen LogP) is 11.6. The molecule has 3 heterocycles. The number of hydrogen-bond donors (Lipinski definition) is 0. The van der Waals surface area contributed by atoms with Crippen molar-refractivity contribution < 1.29 is 0 Å². The molecular formula is C51H36N6. The summed E-state index contributed by atoms with van der Waals surface area (Å²) in [5.74, 6) is 0.938. The van der Waals surface area contributed by atoms with E-state index >= 15 is 0 Å². The van der Waals surface area contributed by atoms with E-state index in [2.05, 4.69) is 131 Å². The number of allylic oxidation sites excluding steroid dienone is 1. The molecular weight excluding hydrogens is 697 g/mol. The number of rotatable bonds is 4. The van der Waals surface area contributed by atoms with Crippen molar-refractivity contribution in [2.75, 3.05) is 14.7 Å². The highest BCUT2D eigenvalue weighted by molar-refractivity contribution is 6.29. The smallest absolute Gasteiger partial charge is 0.153 e. The minimum Gasteiger partial charge on any atom is -0.335 e. The Balaban J connectivity index is 0.000000178. The van der Waals surface area contributed by atoms with Crippen LogP contribution in [0.3, 0.4) is 0 Å². The van der Waals surface area contributed by atoms with Gasteiger partial charge in [-0.3, -0.25) is 4.90 Å². The van der Waals surface area contributed by atoms with Crippen molar-refractivity contribution in [3.05, 3.63) is 233 Å². The van der Waals surface area contributed by atoms with Crippen LogP contribution in [0, 0.1) is 22.7 Å². The summed E-state index contributed by atoms with van der Waals surface area (Å²) in [7, 11) is 0. The summed E-state index contributed by atoms with van der Waals surface area (Å²) in [5.41, 5.74) is 14.4. The highest BCUT2D eigenvalue weighted by atomic mass is 15.3. The molecule has 57 heavy (non-hydrogen) atoms. The lowest BCUT2D eigenvalue weighted by molar-refractivity contribution is 1.04. The zero-order valence-electron chi connectivity index (χ0n) is 31.1. The van der Waals surface area contributed by atoms with Gasteiger partial charge in [-0.1, -0.05) is 146 Å². The van der Waals surface area contributed by atoms with Gasteiger partial charge < -0.3 is 9.80 Å². The van der Waals surface area contributed by atoms with Crippen molar-refractivity contribution in [3.8, 4) is 12.1 Å². The number of anilines is 3. The molecule has 0 saturated heterocycles. The molecule has 7 aromatic carbocycles. The monoisotopic (exact) mass is 732 g/mol. The number of fused-ring (bicyclic) bond motifs is 3. The molecule has 6 heteroatoms. The average molecular weight is 733 g/mol. The fourth-order valence-corrected chi connectivity index (χ4v) is 7.91. The van der Waals surface area contributed by atoms with Crippen molar-refractivity contribution >= 4 is 45.7 Å². The summed E-state index contributed by atoms with van der Waals surface area (Å²) < 4.78 is 0. The zero-order valence-corrected chi connectivity index (χ0v) is 31.1. The van der Waals surface area contributed by atoms with Crippen LogP contribution in [0.15, 0.2) is 205 Å². The summed E-state index contributed by atoms with van der Waals surface area (Å²) in [5, 5.41) is 18.4. The number of aliphatic imine (C=N–C) groups is 1. The molecule has 0 fully saturated rings. The summed E-state index contributed by atoms with van der Waals surface area (Å²) in [6.45, 7) is 1.51. The first-order valence-electron chi connectivity index (χ1n) is 18.9. The van der Waals surface area contributed by atoms with Crippen LogP contribution in [0.2, 0.25) is 0 Å². The van der Waals surface area contributed by atoms with E-state index in [1.54, 1.807) is 0 Å². The van der Waals surface area contributed by atoms with E-state index in [1.807, 2.05) is 89.8 Å². The van der Waals surface area contributed by atoms with Gasteiger partial charge in [-0.25, -0.2) is 4.99 Å². The number of nitriles is 2. The summed E-state index contributed by atoms with van der Waals surface area (Å²) in [4.78, 5) is 12.0. The van der Waals surface area contributed by atoms with Crippen molar-refractivity contribution in [2.24, 2.45) is 4.99 Å². The first-order valence-corrected chi connectivity index (χ1v) is 18.9. The highest BCUT2D eigenvalue weighted by Gasteiger charge is 2.38. The van der Waals surface area contributed by atoms with Crippen LogP contribution < -0.4 is 14.7 Å². The lowest BCUT2D eigenvalue weighted by Crippen LogP contribution is -2.26. The Bertz CT molecular complexity index is 2740. The van der Waals surface area contributed by atoms with Crippen molar-refractivity contribution in [1.29, 1.82) is 10.5 Å². The molecule has 0 radical (unpaired) electrons. The fourth-order valence-electron chi connectivity index (χ4n) is 7.91. The maximum atomic E-state index is 9.22. The third-order valence-electron chi connectivity index (χ3n) is 10.4. The Morgan fingerprint density at radius 2 is 0.860 bits per heavy atom. The second-order valence-electron chi connectivity index (χ2n) is 13.8. The number of hydrogen-bond acceptors (Lipinski definition) is 5. The molecule has 0 atom stereocenters. The molecule has 0 N–H and O–H groups in total. The molecule has 3 aliphatic rings. The van der Waals surface area contributed by atoms with E-state index in [9.17, 15) is 10.5 Å². The summed E-state index contributed by atoms with van der Waals surface area (Å²) in [6, 6.07) is 70.7. The van der Waals surface area contributed by atoms with E-state index in [-0.39, 0.29) is 5.57 Å². The zero-order chi connectivity index (χ0) is 38.6. The van der Waals surface area contributed by atoms with Crippen molar-refractivity contribution in [3.63, 3.8) is 0 Å². The van der Waals surface area contributed by atoms with Crippen LogP contribution in [-0.2, 0) is 13.1 Å². The predicted molar refractivity (Wildman–Crippen MR) is 231 cm³/mol. The standard InChI is InChI=1S/C34H25N3.C17H11N3/c1-4-15-26(16-5-1)35-34-31-23-13-12-22-30(31)33(37(34)28-19-8-3-9-20-28)32-29-21-11-10-14-25(29)24-36(32)27-17-6-2-7-18-27;18-10-14(11-19)17-16-9-5-4-6-13(16)12-20(17)15-7-2-1-3-8-15/h1-23H,24H2;1-9H,12H2/b33-32-,35-34?;. The molecule has 0 unspecified atom stereocenters. The quantitative estimate of drug-likeness (QED) is 0.169. The van der Waals surface area contributed by atoms with Crippen LogP contribution in [0.1, 0.15) is 33.4 Å². The largest absolute Gasteiger partial charge is 0.335 e. The first kappa shape index (κ1) is 34.8. The van der Waals surface area contributed by atoms with E-state index in [1.165, 1.54) is 28.1 Å². The van der Waals surface area contributed by atoms with Crippen LogP contribution in [0.5, 0.6) is 0 Å². The number of nitrogens with zero attached hydrogens (tertiary/aromatic N) is 6. The maximum absolute atomic E-state index is 9.22. The Kier molecular flexibility index (Phi) is 9.43. The first-order chi connectivity index (χ1) is 28.2. The normalized spacial score (nSPS) is 15.6. The molecule has 0 spiro atoms. The highest BCUT2D eigenvalue weighted by Crippen LogP contribution is 2.48. The Morgan fingerprint density at radius 3 is 1.46 bits per heavy atom. The van der Waals surface area contributed by atoms with Gasteiger partial charge in [0.1, 0.15) is 18.0 Å². The van der Waals surface area contributed by atoms with Gasteiger partial charge in [-0.05, 0) is 59.7 Å². The SMILES string of the molecule is N#CC(C#N)=C1c2ccccc2CN1c1ccccc1.c1ccc(N=C2c3ccccc3/C(=C3\c4ccccc4CN3c3ccccc3)N2c2ccccc2)cc1. The summed E-state index contributed by atoms with van der Waals surface area (Å²) in [6.07, 6.45) is 0. The number of para-hydroxylation sites is 4. The third-order valence-corrected chi connectivity index (χ3v) is 10.4. The van der Waals surface area contributed by atoms with Crippen LogP contribution >= 0.6 is 0 Å². The molecule has 0 saturated carbocycles. The van der Waals surface area contributed by atoms with Gasteiger partial charge in [-0.2, -0.15) is 10.5 Å². The minimum absolute atomic E-state index is 0.152. The van der Waals surface area contributed by atoms with Crippen LogP contribution in [-0.4, -0.2) is 5.84 Å². The fraction of sp³-hybridized carbons (Fsp3) is 0.0392. The lowest BCUT2D eigenvalue weighted by Gasteiger charge is -2.28. The Hall–Kier alpha value is -7.93. The molecule has 270 valence electrons. The number of benzene rings is 7. The van der Waals surface area contributed by atoms with Crippen molar-refractivity contribution in [2.45, 2.75) is 13.1 Å². The molecule has 0 amide bonds. The molecule has 7 aromatic rings. The summed E-state index contributed by atoms with van der Waals surface area (Å²) >= 11 is 0. The van der Waals surface area contributed by atoms with Gasteiger partial charge in [0, 0.05) is 52.4 Å². The molecule has 6 nitrogen and oxygen atoms in total. The molecule has 0 aromatic heterocycles. The van der Waals surface area contributed by atoms with Crippen LogP contribution in [0.4, 0.5) is 22.7 Å². The topological polar surface area (TPSA) is 69.7 Å². The van der Waals surface area contributed by atoms with E-state index < -0.39 is 0 Å². The van der Waals surface area contributed by atoms with Gasteiger partial charge in [-0.15, -0.1) is 0 Å². The van der Waals surface area contributed by atoms with Gasteiger partial charge in [0.2, 0.25) is 0 Å². The van der Waals surface area contributed by atoms with Crippen molar-refractivity contribution in [1.82, 2.24) is 0 Å². The average Bonchev–Trinajstić information content (AvgIpc) is 3.96. The second-order valence-corrected chi connectivity index (χ2v) is 13.8. The van der Waals surface area contributed by atoms with E-state index in [0.29, 0.717) is 12.2 Å². The minimum atomic E-state index is 0.152. The van der Waals surface area contributed by atoms with Gasteiger partial charge in [0.25, 0.3) is 0 Å². The molecule has 0 aliphatic carbocycles. The maximum Gasteiger partial charge on any atom is 0.153 e. The van der Waals surface area contributed by atoms with E-state index in [4.69, 9.17) is 4.99 Å². The Labute approximate surface area is 333 Å². The third kappa shape index (κ3) is 6.52. The Morgan fingerprint density at radius 1 is 0.421 bits per heavy atom. The van der Waals surface area contributed by atoms with E-state index in [0.717, 1.165) is 51.8 Å². The molecule has 10 rings (SSSR count). The lowest BCUT2D eigenvalue weighted by atomic mass is 10.0. The van der Waals surface area contributed by atoms with Crippen LogP contribution in [0.25, 0.3) is 17.1 Å².